The summed E-state index contributed by atoms with van der Waals surface area (Å²) in [7, 11) is 0. The van der Waals surface area contributed by atoms with Crippen molar-refractivity contribution in [2.24, 2.45) is 11.8 Å². The number of unbranched alkanes of at least 4 members (excludes halogenated alkanes) is 39. The molecule has 0 aromatic carbocycles. The van der Waals surface area contributed by atoms with Crippen LogP contribution in [0.4, 0.5) is 0 Å². The Morgan fingerprint density at radius 3 is 0.742 bits per heavy atom. The van der Waals surface area contributed by atoms with Crippen molar-refractivity contribution in [3.05, 3.63) is 0 Å². The molecule has 66 heavy (non-hydrogen) atoms. The Kier molecular flexibility index (Phi) is 51.5. The van der Waals surface area contributed by atoms with Crippen LogP contribution in [-0.2, 0) is 28.6 Å². The molecule has 0 fully saturated rings. The van der Waals surface area contributed by atoms with E-state index in [0.29, 0.717) is 19.3 Å². The quantitative estimate of drug-likeness (QED) is 0.0343. The second-order valence-corrected chi connectivity index (χ2v) is 21.6. The first-order valence-corrected chi connectivity index (χ1v) is 29.7. The molecular formula is C60H116O6. The molecule has 6 heteroatoms. The SMILES string of the molecule is CCCCCCCCCCCCC(=O)OC[C@H](COC(=O)CCCCCCCCCCCCCCCCCCCCC(C)C)OC(=O)CCCCCCCCCCCCCCCCC(C)C. The molecule has 0 N–H and O–H groups in total. The van der Waals surface area contributed by atoms with Crippen LogP contribution < -0.4 is 0 Å². The van der Waals surface area contributed by atoms with Gasteiger partial charge in [0.05, 0.1) is 0 Å². The van der Waals surface area contributed by atoms with Crippen LogP contribution in [0.5, 0.6) is 0 Å². The molecule has 392 valence electrons. The second-order valence-electron chi connectivity index (χ2n) is 21.6. The van der Waals surface area contributed by atoms with Crippen molar-refractivity contribution in [1.82, 2.24) is 0 Å². The third-order valence-corrected chi connectivity index (χ3v) is 13.7. The molecule has 0 spiro atoms. The fraction of sp³-hybridized carbons (Fsp3) is 0.950. The summed E-state index contributed by atoms with van der Waals surface area (Å²) in [6.07, 6.45) is 56.7. The van der Waals surface area contributed by atoms with Gasteiger partial charge in [-0.15, -0.1) is 0 Å². The predicted molar refractivity (Wildman–Crippen MR) is 284 cm³/mol. The first-order chi connectivity index (χ1) is 32.2. The van der Waals surface area contributed by atoms with Gasteiger partial charge in [-0.1, -0.05) is 298 Å². The molecule has 1 atom stereocenters. The highest BCUT2D eigenvalue weighted by molar-refractivity contribution is 5.71. The van der Waals surface area contributed by atoms with E-state index in [1.807, 2.05) is 0 Å². The van der Waals surface area contributed by atoms with E-state index in [2.05, 4.69) is 34.6 Å². The van der Waals surface area contributed by atoms with Gasteiger partial charge in [0.25, 0.3) is 0 Å². The van der Waals surface area contributed by atoms with Crippen molar-refractivity contribution in [3.63, 3.8) is 0 Å². The first kappa shape index (κ1) is 64.4. The molecule has 0 saturated heterocycles. The van der Waals surface area contributed by atoms with E-state index in [9.17, 15) is 14.4 Å². The molecule has 0 saturated carbocycles. The fourth-order valence-corrected chi connectivity index (χ4v) is 9.23. The molecule has 0 aliphatic carbocycles. The highest BCUT2D eigenvalue weighted by Crippen LogP contribution is 2.18. The second kappa shape index (κ2) is 52.8. The lowest BCUT2D eigenvalue weighted by Gasteiger charge is -2.18. The summed E-state index contributed by atoms with van der Waals surface area (Å²) in [5.41, 5.74) is 0. The van der Waals surface area contributed by atoms with E-state index < -0.39 is 6.10 Å². The summed E-state index contributed by atoms with van der Waals surface area (Å²) in [4.78, 5) is 38.1. The minimum absolute atomic E-state index is 0.0624. The number of ether oxygens (including phenoxy) is 3. The average molecular weight is 934 g/mol. The lowest BCUT2D eigenvalue weighted by Crippen LogP contribution is -2.30. The Bertz CT molecular complexity index is 1010. The van der Waals surface area contributed by atoms with Crippen molar-refractivity contribution < 1.29 is 28.6 Å². The van der Waals surface area contributed by atoms with Gasteiger partial charge in [0.2, 0.25) is 0 Å². The van der Waals surface area contributed by atoms with Crippen LogP contribution in [-0.4, -0.2) is 37.2 Å². The third kappa shape index (κ3) is 53.4. The zero-order chi connectivity index (χ0) is 48.2. The van der Waals surface area contributed by atoms with E-state index in [-0.39, 0.29) is 31.1 Å². The van der Waals surface area contributed by atoms with Crippen molar-refractivity contribution >= 4 is 17.9 Å². The highest BCUT2D eigenvalue weighted by Gasteiger charge is 2.19. The van der Waals surface area contributed by atoms with Gasteiger partial charge >= 0.3 is 17.9 Å². The van der Waals surface area contributed by atoms with Gasteiger partial charge in [-0.2, -0.15) is 0 Å². The van der Waals surface area contributed by atoms with E-state index in [1.165, 1.54) is 225 Å². The Hall–Kier alpha value is -1.59. The zero-order valence-corrected chi connectivity index (χ0v) is 45.3. The maximum atomic E-state index is 12.8. The maximum Gasteiger partial charge on any atom is 0.306 e. The molecule has 0 heterocycles. The highest BCUT2D eigenvalue weighted by atomic mass is 16.6. The summed E-state index contributed by atoms with van der Waals surface area (Å²) in [6.45, 7) is 11.4. The van der Waals surface area contributed by atoms with Gasteiger partial charge in [0.1, 0.15) is 13.2 Å². The van der Waals surface area contributed by atoms with Gasteiger partial charge in [-0.3, -0.25) is 14.4 Å². The largest absolute Gasteiger partial charge is 0.462 e. The van der Waals surface area contributed by atoms with E-state index in [4.69, 9.17) is 14.2 Å². The molecule has 0 radical (unpaired) electrons. The van der Waals surface area contributed by atoms with E-state index in [0.717, 1.165) is 69.6 Å². The van der Waals surface area contributed by atoms with E-state index >= 15 is 0 Å². The average Bonchev–Trinajstić information content (AvgIpc) is 3.29. The molecule has 0 aromatic heterocycles. The van der Waals surface area contributed by atoms with Gasteiger partial charge in [0, 0.05) is 19.3 Å². The lowest BCUT2D eigenvalue weighted by atomic mass is 10.0. The Morgan fingerprint density at radius 1 is 0.288 bits per heavy atom. The number of hydrogen-bond acceptors (Lipinski definition) is 6. The molecule has 0 unspecified atom stereocenters. The number of esters is 3. The minimum Gasteiger partial charge on any atom is -0.462 e. The van der Waals surface area contributed by atoms with Crippen LogP contribution in [0.15, 0.2) is 0 Å². The van der Waals surface area contributed by atoms with Crippen LogP contribution in [0.1, 0.15) is 336 Å². The minimum atomic E-state index is -0.762. The number of rotatable bonds is 54. The molecular weight excluding hydrogens is 817 g/mol. The number of hydrogen-bond donors (Lipinski definition) is 0. The third-order valence-electron chi connectivity index (χ3n) is 13.7. The van der Waals surface area contributed by atoms with Crippen LogP contribution in [0.3, 0.4) is 0 Å². The molecule has 0 bridgehead atoms. The fourth-order valence-electron chi connectivity index (χ4n) is 9.23. The molecule has 6 nitrogen and oxygen atoms in total. The zero-order valence-electron chi connectivity index (χ0n) is 45.3. The maximum absolute atomic E-state index is 12.8. The monoisotopic (exact) mass is 933 g/mol. The Balaban J connectivity index is 4.20. The summed E-state index contributed by atoms with van der Waals surface area (Å²) in [5.74, 6) is 0.864. The van der Waals surface area contributed by atoms with E-state index in [1.54, 1.807) is 0 Å². The van der Waals surface area contributed by atoms with Gasteiger partial charge in [-0.25, -0.2) is 0 Å². The summed E-state index contributed by atoms with van der Waals surface area (Å²) in [5, 5.41) is 0. The van der Waals surface area contributed by atoms with Crippen molar-refractivity contribution in [3.8, 4) is 0 Å². The van der Waals surface area contributed by atoms with Crippen LogP contribution in [0, 0.1) is 11.8 Å². The standard InChI is InChI=1S/C60H116O6/c1-6-7-8-9-10-11-30-35-40-45-50-58(61)64-53-57(66-60(63)52-47-42-37-32-27-23-19-18-21-25-29-34-39-44-49-56(4)5)54-65-59(62)51-46-41-36-31-26-22-17-15-13-12-14-16-20-24-28-33-38-43-48-55(2)3/h55-57H,6-54H2,1-5H3/t57-/m1/s1. The van der Waals surface area contributed by atoms with Crippen molar-refractivity contribution in [2.75, 3.05) is 13.2 Å². The first-order valence-electron chi connectivity index (χ1n) is 29.7. The molecule has 0 amide bonds. The lowest BCUT2D eigenvalue weighted by molar-refractivity contribution is -0.167. The molecule has 0 rings (SSSR count). The number of carbonyl (C=O) groups is 3. The smallest absolute Gasteiger partial charge is 0.306 e. The Labute approximate surface area is 412 Å². The molecule has 0 aliphatic heterocycles. The van der Waals surface area contributed by atoms with Gasteiger partial charge < -0.3 is 14.2 Å². The summed E-state index contributed by atoms with van der Waals surface area (Å²) < 4.78 is 16.9. The molecule has 0 aromatic rings. The predicted octanol–water partition coefficient (Wildman–Crippen LogP) is 19.7. The normalized spacial score (nSPS) is 12.0. The summed E-state index contributed by atoms with van der Waals surface area (Å²) >= 11 is 0. The van der Waals surface area contributed by atoms with Crippen molar-refractivity contribution in [1.29, 1.82) is 0 Å². The van der Waals surface area contributed by atoms with Crippen LogP contribution in [0.25, 0.3) is 0 Å². The van der Waals surface area contributed by atoms with Gasteiger partial charge in [-0.05, 0) is 31.1 Å². The van der Waals surface area contributed by atoms with Crippen LogP contribution >= 0.6 is 0 Å². The van der Waals surface area contributed by atoms with Crippen molar-refractivity contribution in [2.45, 2.75) is 343 Å². The Morgan fingerprint density at radius 2 is 0.500 bits per heavy atom. The topological polar surface area (TPSA) is 78.9 Å². The summed E-state index contributed by atoms with van der Waals surface area (Å²) in [6, 6.07) is 0. The molecule has 0 aliphatic rings. The number of carbonyl (C=O) groups excluding carboxylic acids is 3. The van der Waals surface area contributed by atoms with Gasteiger partial charge in [0.15, 0.2) is 6.10 Å². The van der Waals surface area contributed by atoms with Crippen LogP contribution in [0.2, 0.25) is 0 Å².